The number of aliphatic imine (C=N–C) groups is 1. The molecule has 1 aliphatic heterocycles. The molecular weight excluding hydrogens is 451 g/mol. The maximum absolute atomic E-state index is 12.5. The van der Waals surface area contributed by atoms with Gasteiger partial charge in [-0.3, -0.25) is 10.3 Å². The van der Waals surface area contributed by atoms with E-state index in [9.17, 15) is 8.78 Å². The van der Waals surface area contributed by atoms with Crippen LogP contribution in [0.5, 0.6) is 5.75 Å². The third-order valence-electron chi connectivity index (χ3n) is 3.96. The maximum atomic E-state index is 12.5. The molecule has 1 heterocycles. The van der Waals surface area contributed by atoms with E-state index >= 15 is 0 Å². The molecular formula is C19H17Cl2F2N7O. The van der Waals surface area contributed by atoms with Crippen LogP contribution in [0.2, 0.25) is 10.0 Å². The summed E-state index contributed by atoms with van der Waals surface area (Å²) in [5.74, 6) is 0.570. The number of nitrogens with zero attached hydrogens (tertiary/aromatic N) is 5. The molecule has 0 fully saturated rings. The van der Waals surface area contributed by atoms with Crippen LogP contribution in [0.3, 0.4) is 0 Å². The molecule has 12 heteroatoms. The fraction of sp³-hybridized carbons (Fsp3) is 0.211. The Bertz CT molecular complexity index is 1040. The van der Waals surface area contributed by atoms with Gasteiger partial charge in [-0.2, -0.15) is 14.0 Å². The maximum Gasteiger partial charge on any atom is 0.387 e. The van der Waals surface area contributed by atoms with Gasteiger partial charge in [-0.15, -0.1) is 5.10 Å². The Morgan fingerprint density at radius 1 is 1.29 bits per heavy atom. The number of halogens is 4. The predicted octanol–water partition coefficient (Wildman–Crippen LogP) is 4.11. The van der Waals surface area contributed by atoms with Crippen molar-refractivity contribution in [2.24, 2.45) is 10.1 Å². The van der Waals surface area contributed by atoms with Gasteiger partial charge in [0.05, 0.1) is 15.7 Å². The monoisotopic (exact) mass is 467 g/mol. The number of rotatable bonds is 6. The Morgan fingerprint density at radius 2 is 2.10 bits per heavy atom. The Labute approximate surface area is 187 Å². The van der Waals surface area contributed by atoms with Crippen LogP contribution in [0.1, 0.15) is 12.5 Å². The highest BCUT2D eigenvalue weighted by Gasteiger charge is 2.27. The number of guanidine groups is 1. The van der Waals surface area contributed by atoms with Crippen LogP contribution in [-0.4, -0.2) is 41.6 Å². The molecule has 2 aromatic carbocycles. The number of hydrazine groups is 1. The zero-order chi connectivity index (χ0) is 22.4. The molecule has 31 heavy (non-hydrogen) atoms. The normalized spacial score (nSPS) is 14.0. The lowest BCUT2D eigenvalue weighted by Gasteiger charge is -2.21. The fourth-order valence-electron chi connectivity index (χ4n) is 2.73. The van der Waals surface area contributed by atoms with Gasteiger partial charge >= 0.3 is 6.61 Å². The fourth-order valence-corrected chi connectivity index (χ4v) is 3.03. The summed E-state index contributed by atoms with van der Waals surface area (Å²) in [6.45, 7) is -0.211. The summed E-state index contributed by atoms with van der Waals surface area (Å²) in [5, 5.41) is 20.2. The lowest BCUT2D eigenvalue weighted by atomic mass is 10.2. The summed E-state index contributed by atoms with van der Waals surface area (Å²) >= 11 is 12.1. The first kappa shape index (κ1) is 22.6. The van der Waals surface area contributed by atoms with Crippen LogP contribution in [-0.2, 0) is 0 Å². The van der Waals surface area contributed by atoms with E-state index in [1.165, 1.54) is 23.2 Å². The van der Waals surface area contributed by atoms with Crippen molar-refractivity contribution >= 4 is 40.7 Å². The van der Waals surface area contributed by atoms with Gasteiger partial charge in [-0.25, -0.2) is 15.4 Å². The molecule has 1 aliphatic rings. The van der Waals surface area contributed by atoms with Gasteiger partial charge in [0.1, 0.15) is 12.4 Å². The van der Waals surface area contributed by atoms with E-state index in [1.807, 2.05) is 13.1 Å². The summed E-state index contributed by atoms with van der Waals surface area (Å²) in [6, 6.07) is 10.9. The lowest BCUT2D eigenvalue weighted by Crippen LogP contribution is -2.45. The molecule has 0 radical (unpaired) electrons. The first-order chi connectivity index (χ1) is 14.9. The van der Waals surface area contributed by atoms with E-state index in [2.05, 4.69) is 25.6 Å². The first-order valence-corrected chi connectivity index (χ1v) is 9.78. The zero-order valence-electron chi connectivity index (χ0n) is 16.2. The Morgan fingerprint density at radius 3 is 2.77 bits per heavy atom. The lowest BCUT2D eigenvalue weighted by molar-refractivity contribution is -0.0498. The summed E-state index contributed by atoms with van der Waals surface area (Å²) < 4.78 is 29.4. The number of benzene rings is 2. The molecule has 0 unspecified atom stereocenters. The highest BCUT2D eigenvalue weighted by Crippen LogP contribution is 2.26. The smallest absolute Gasteiger partial charge is 0.387 e. The van der Waals surface area contributed by atoms with Crippen LogP contribution in [0.15, 0.2) is 52.6 Å². The molecule has 0 atom stereocenters. The van der Waals surface area contributed by atoms with E-state index in [0.717, 1.165) is 0 Å². The van der Waals surface area contributed by atoms with Crippen LogP contribution in [0.25, 0.3) is 0 Å². The number of hydrazone groups is 1. The summed E-state index contributed by atoms with van der Waals surface area (Å²) in [4.78, 5) is 4.33. The number of hydrogen-bond donors (Lipinski definition) is 2. The number of nitriles is 1. The number of nitrogens with one attached hydrogen (secondary N) is 2. The minimum Gasteiger partial charge on any atom is -0.435 e. The Hall–Kier alpha value is -3.13. The van der Waals surface area contributed by atoms with E-state index < -0.39 is 6.61 Å². The summed E-state index contributed by atoms with van der Waals surface area (Å²) in [7, 11) is 0. The quantitative estimate of drug-likeness (QED) is 0.287. The number of hydrogen-bond acceptors (Lipinski definition) is 6. The van der Waals surface area contributed by atoms with E-state index in [0.29, 0.717) is 33.7 Å². The molecule has 162 valence electrons. The van der Waals surface area contributed by atoms with E-state index in [4.69, 9.17) is 28.5 Å². The van der Waals surface area contributed by atoms with Crippen molar-refractivity contribution in [3.8, 4) is 11.9 Å². The molecule has 0 aliphatic carbocycles. The topological polar surface area (TPSA) is 88.3 Å². The molecule has 0 amide bonds. The van der Waals surface area contributed by atoms with Gasteiger partial charge in [-0.05, 0) is 30.3 Å². The Kier molecular flexibility index (Phi) is 7.46. The number of amidine groups is 1. The average molecular weight is 468 g/mol. The Balaban J connectivity index is 1.95. The second-order valence-corrected chi connectivity index (χ2v) is 6.90. The standard InChI is InChI=1S/C19H17Cl2F2N7O/c1-2-26-29-11-30(28-17(29)12-6-7-15(20)16(21)8-12)19(25-10-24)27-13-4-3-5-14(9-13)31-18(22)23/h3-9,18,26H,2,11H2,1H3,(H,25,27). The molecule has 0 saturated carbocycles. The van der Waals surface area contributed by atoms with Crippen molar-refractivity contribution in [3.05, 3.63) is 58.1 Å². The minimum absolute atomic E-state index is 0.0525. The van der Waals surface area contributed by atoms with Gasteiger partial charge in [0, 0.05) is 18.2 Å². The van der Waals surface area contributed by atoms with Crippen molar-refractivity contribution < 1.29 is 13.5 Å². The van der Waals surface area contributed by atoms with Gasteiger partial charge in [-0.1, -0.05) is 36.2 Å². The second-order valence-electron chi connectivity index (χ2n) is 6.08. The summed E-state index contributed by atoms with van der Waals surface area (Å²) in [6.07, 6.45) is 1.81. The van der Waals surface area contributed by atoms with Crippen molar-refractivity contribution in [2.75, 3.05) is 13.2 Å². The molecule has 0 bridgehead atoms. The zero-order valence-corrected chi connectivity index (χ0v) is 17.7. The van der Waals surface area contributed by atoms with Crippen molar-refractivity contribution in [1.29, 1.82) is 5.26 Å². The highest BCUT2D eigenvalue weighted by molar-refractivity contribution is 6.42. The second kappa shape index (κ2) is 10.3. The van der Waals surface area contributed by atoms with Gasteiger partial charge < -0.3 is 4.74 Å². The van der Waals surface area contributed by atoms with Crippen molar-refractivity contribution in [3.63, 3.8) is 0 Å². The molecule has 0 spiro atoms. The number of ether oxygens (including phenoxy) is 1. The van der Waals surface area contributed by atoms with E-state index in [-0.39, 0.29) is 18.4 Å². The third-order valence-corrected chi connectivity index (χ3v) is 4.70. The SMILES string of the molecule is CCNN1CN(C(=Nc2cccc(OC(F)F)c2)NC#N)N=C1c1ccc(Cl)c(Cl)c1. The van der Waals surface area contributed by atoms with Gasteiger partial charge in [0.15, 0.2) is 12.0 Å². The largest absolute Gasteiger partial charge is 0.435 e. The average Bonchev–Trinajstić information content (AvgIpc) is 3.14. The molecule has 2 aromatic rings. The van der Waals surface area contributed by atoms with Crippen LogP contribution in [0, 0.1) is 11.5 Å². The highest BCUT2D eigenvalue weighted by atomic mass is 35.5. The molecule has 0 saturated heterocycles. The summed E-state index contributed by atoms with van der Waals surface area (Å²) in [5.41, 5.74) is 4.16. The molecule has 3 rings (SSSR count). The van der Waals surface area contributed by atoms with Crippen molar-refractivity contribution in [1.82, 2.24) is 20.8 Å². The predicted molar refractivity (Wildman–Crippen MR) is 114 cm³/mol. The number of alkyl halides is 2. The molecule has 2 N–H and O–H groups in total. The van der Waals surface area contributed by atoms with Crippen LogP contribution >= 0.6 is 23.2 Å². The van der Waals surface area contributed by atoms with Crippen LogP contribution in [0.4, 0.5) is 14.5 Å². The van der Waals surface area contributed by atoms with Gasteiger partial charge in [0.2, 0.25) is 5.96 Å². The van der Waals surface area contributed by atoms with Gasteiger partial charge in [0.25, 0.3) is 0 Å². The molecule has 0 aromatic heterocycles. The third kappa shape index (κ3) is 5.73. The minimum atomic E-state index is -2.96. The van der Waals surface area contributed by atoms with Crippen LogP contribution < -0.4 is 15.5 Å². The van der Waals surface area contributed by atoms with E-state index in [1.54, 1.807) is 29.3 Å². The van der Waals surface area contributed by atoms with Crippen molar-refractivity contribution in [2.45, 2.75) is 13.5 Å². The first-order valence-electron chi connectivity index (χ1n) is 9.02. The molecule has 8 nitrogen and oxygen atoms in total.